The molecule has 7 nitrogen and oxygen atoms in total. The fourth-order valence-electron chi connectivity index (χ4n) is 2.26. The van der Waals surface area contributed by atoms with Crippen molar-refractivity contribution in [2.75, 3.05) is 5.32 Å². The van der Waals surface area contributed by atoms with Gasteiger partial charge >= 0.3 is 11.1 Å². The summed E-state index contributed by atoms with van der Waals surface area (Å²) in [5.74, 6) is -0.417. The molecule has 2 heterocycles. The number of carbonyl (C=O) groups excluding carboxylic acids is 1. The molecule has 1 N–H and O–H groups in total. The zero-order valence-corrected chi connectivity index (χ0v) is 13.6. The van der Waals surface area contributed by atoms with Crippen molar-refractivity contribution >= 4 is 22.4 Å². The number of rotatable bonds is 4. The first-order valence-electron chi connectivity index (χ1n) is 7.14. The predicted octanol–water partition coefficient (Wildman–Crippen LogP) is 1.40. The van der Waals surface area contributed by atoms with Crippen LogP contribution in [0, 0.1) is 6.92 Å². The standard InChI is InChI=1S/C16H14N4O3S/c1-11-4-2-3-5-12(11)20-8-7-19(14(22)15(20)23)10-13(21)18-16-17-6-9-24-16/h2-9H,10H2,1H3,(H,17,18,21). The molecule has 0 saturated heterocycles. The van der Waals surface area contributed by atoms with E-state index in [0.717, 1.165) is 10.1 Å². The van der Waals surface area contributed by atoms with Gasteiger partial charge in [-0.3, -0.25) is 23.5 Å². The summed E-state index contributed by atoms with van der Waals surface area (Å²) < 4.78 is 2.37. The number of para-hydroxylation sites is 1. The molecule has 0 fully saturated rings. The number of anilines is 1. The Hall–Kier alpha value is -3.00. The highest BCUT2D eigenvalue weighted by Gasteiger charge is 2.11. The first kappa shape index (κ1) is 15.9. The average Bonchev–Trinajstić information content (AvgIpc) is 3.06. The monoisotopic (exact) mass is 342 g/mol. The van der Waals surface area contributed by atoms with Crippen LogP contribution in [-0.2, 0) is 11.3 Å². The van der Waals surface area contributed by atoms with Gasteiger partial charge in [-0.25, -0.2) is 4.98 Å². The number of nitrogens with one attached hydrogen (secondary N) is 1. The van der Waals surface area contributed by atoms with Crippen LogP contribution in [0.15, 0.2) is 57.8 Å². The third-order valence-electron chi connectivity index (χ3n) is 3.43. The Morgan fingerprint density at radius 2 is 2.00 bits per heavy atom. The Bertz CT molecular complexity index is 989. The van der Waals surface area contributed by atoms with E-state index in [1.54, 1.807) is 23.7 Å². The number of thiazole rings is 1. The maximum Gasteiger partial charge on any atom is 0.320 e. The van der Waals surface area contributed by atoms with Gasteiger partial charge in [0.1, 0.15) is 6.54 Å². The van der Waals surface area contributed by atoms with Gasteiger partial charge < -0.3 is 5.32 Å². The van der Waals surface area contributed by atoms with E-state index in [9.17, 15) is 14.4 Å². The molecule has 0 bridgehead atoms. The molecule has 24 heavy (non-hydrogen) atoms. The molecule has 0 saturated carbocycles. The van der Waals surface area contributed by atoms with Gasteiger partial charge in [-0.05, 0) is 18.6 Å². The lowest BCUT2D eigenvalue weighted by Crippen LogP contribution is -2.41. The third-order valence-corrected chi connectivity index (χ3v) is 4.11. The molecular weight excluding hydrogens is 328 g/mol. The molecule has 0 atom stereocenters. The van der Waals surface area contributed by atoms with Crippen LogP contribution in [0.2, 0.25) is 0 Å². The zero-order chi connectivity index (χ0) is 17.1. The Morgan fingerprint density at radius 3 is 2.71 bits per heavy atom. The van der Waals surface area contributed by atoms with Crippen molar-refractivity contribution in [3.8, 4) is 5.69 Å². The zero-order valence-electron chi connectivity index (χ0n) is 12.8. The number of nitrogens with zero attached hydrogens (tertiary/aromatic N) is 3. The summed E-state index contributed by atoms with van der Waals surface area (Å²) in [4.78, 5) is 40.5. The van der Waals surface area contributed by atoms with Crippen molar-refractivity contribution in [3.05, 3.63) is 74.5 Å². The topological polar surface area (TPSA) is 86.0 Å². The fraction of sp³-hybridized carbons (Fsp3) is 0.125. The Labute approximate surface area is 140 Å². The van der Waals surface area contributed by atoms with Crippen molar-refractivity contribution in [1.29, 1.82) is 0 Å². The number of benzene rings is 1. The van der Waals surface area contributed by atoms with Gasteiger partial charge in [0.15, 0.2) is 5.13 Å². The van der Waals surface area contributed by atoms with Gasteiger partial charge in [-0.15, -0.1) is 11.3 Å². The lowest BCUT2D eigenvalue weighted by molar-refractivity contribution is -0.116. The summed E-state index contributed by atoms with van der Waals surface area (Å²) in [6.07, 6.45) is 4.48. The highest BCUT2D eigenvalue weighted by atomic mass is 32.1. The van der Waals surface area contributed by atoms with Crippen LogP contribution in [0.3, 0.4) is 0 Å². The minimum absolute atomic E-state index is 0.248. The lowest BCUT2D eigenvalue weighted by Gasteiger charge is -2.10. The molecule has 0 aliphatic heterocycles. The molecule has 3 rings (SSSR count). The van der Waals surface area contributed by atoms with Crippen molar-refractivity contribution in [3.63, 3.8) is 0 Å². The molecule has 0 spiro atoms. The van der Waals surface area contributed by atoms with Crippen LogP contribution in [0.25, 0.3) is 5.69 Å². The summed E-state index contributed by atoms with van der Waals surface area (Å²) in [7, 11) is 0. The third kappa shape index (κ3) is 3.18. The van der Waals surface area contributed by atoms with E-state index in [2.05, 4.69) is 10.3 Å². The largest absolute Gasteiger partial charge is 0.320 e. The van der Waals surface area contributed by atoms with Crippen LogP contribution in [0.5, 0.6) is 0 Å². The van der Waals surface area contributed by atoms with E-state index in [1.165, 1.54) is 28.3 Å². The van der Waals surface area contributed by atoms with Gasteiger partial charge in [0.25, 0.3) is 0 Å². The lowest BCUT2D eigenvalue weighted by atomic mass is 10.2. The Kier molecular flexibility index (Phi) is 4.39. The summed E-state index contributed by atoms with van der Waals surface area (Å²) >= 11 is 1.27. The summed E-state index contributed by atoms with van der Waals surface area (Å²) in [5, 5.41) is 4.75. The molecule has 0 radical (unpaired) electrons. The molecule has 1 aromatic carbocycles. The molecular formula is C16H14N4O3S. The smallest absolute Gasteiger partial charge is 0.300 e. The maximum atomic E-state index is 12.3. The van der Waals surface area contributed by atoms with E-state index >= 15 is 0 Å². The van der Waals surface area contributed by atoms with E-state index in [4.69, 9.17) is 0 Å². The highest BCUT2D eigenvalue weighted by Crippen LogP contribution is 2.11. The summed E-state index contributed by atoms with van der Waals surface area (Å²) in [6, 6.07) is 7.26. The quantitative estimate of drug-likeness (QED) is 0.726. The van der Waals surface area contributed by atoms with Crippen molar-refractivity contribution < 1.29 is 4.79 Å². The van der Waals surface area contributed by atoms with Crippen LogP contribution >= 0.6 is 11.3 Å². The number of carbonyl (C=O) groups is 1. The van der Waals surface area contributed by atoms with Crippen LogP contribution in [0.1, 0.15) is 5.56 Å². The SMILES string of the molecule is Cc1ccccc1-n1ccn(CC(=O)Nc2nccs2)c(=O)c1=O. The summed E-state index contributed by atoms with van der Waals surface area (Å²) in [6.45, 7) is 1.61. The second kappa shape index (κ2) is 6.63. The Morgan fingerprint density at radius 1 is 1.21 bits per heavy atom. The minimum atomic E-state index is -0.755. The second-order valence-electron chi connectivity index (χ2n) is 5.08. The number of amides is 1. The molecule has 0 aliphatic rings. The van der Waals surface area contributed by atoms with E-state index in [1.807, 2.05) is 19.1 Å². The molecule has 2 aromatic heterocycles. The number of aryl methyl sites for hydroxylation is 1. The van der Waals surface area contributed by atoms with Crippen LogP contribution in [0.4, 0.5) is 5.13 Å². The van der Waals surface area contributed by atoms with Gasteiger partial charge in [-0.2, -0.15) is 0 Å². The van der Waals surface area contributed by atoms with Gasteiger partial charge in [0.05, 0.1) is 5.69 Å². The molecule has 8 heteroatoms. The first-order valence-corrected chi connectivity index (χ1v) is 8.01. The normalized spacial score (nSPS) is 10.5. The van der Waals surface area contributed by atoms with E-state index in [0.29, 0.717) is 10.8 Å². The van der Waals surface area contributed by atoms with Crippen molar-refractivity contribution in [2.45, 2.75) is 13.5 Å². The molecule has 122 valence electrons. The Balaban J connectivity index is 1.88. The molecule has 0 unspecified atom stereocenters. The second-order valence-corrected chi connectivity index (χ2v) is 5.97. The van der Waals surface area contributed by atoms with Crippen molar-refractivity contribution in [1.82, 2.24) is 14.1 Å². The first-order chi connectivity index (χ1) is 11.6. The number of hydrogen-bond acceptors (Lipinski definition) is 5. The minimum Gasteiger partial charge on any atom is -0.300 e. The van der Waals surface area contributed by atoms with Gasteiger partial charge in [0.2, 0.25) is 5.91 Å². The molecule has 3 aromatic rings. The van der Waals surface area contributed by atoms with Crippen LogP contribution < -0.4 is 16.4 Å². The molecule has 0 aliphatic carbocycles. The van der Waals surface area contributed by atoms with E-state index in [-0.39, 0.29) is 6.54 Å². The van der Waals surface area contributed by atoms with Gasteiger partial charge in [0, 0.05) is 24.0 Å². The number of hydrogen-bond donors (Lipinski definition) is 1. The van der Waals surface area contributed by atoms with E-state index < -0.39 is 17.0 Å². The van der Waals surface area contributed by atoms with Gasteiger partial charge in [-0.1, -0.05) is 18.2 Å². The highest BCUT2D eigenvalue weighted by molar-refractivity contribution is 7.13. The fourth-order valence-corrected chi connectivity index (χ4v) is 2.80. The predicted molar refractivity (Wildman–Crippen MR) is 91.8 cm³/mol. The van der Waals surface area contributed by atoms with Crippen molar-refractivity contribution in [2.24, 2.45) is 0 Å². The molecule has 1 amide bonds. The maximum absolute atomic E-state index is 12.3. The average molecular weight is 342 g/mol. The van der Waals surface area contributed by atoms with Crippen LogP contribution in [-0.4, -0.2) is 20.0 Å². The summed E-state index contributed by atoms with van der Waals surface area (Å²) in [5.41, 5.74) is 0.0566. The number of aromatic nitrogens is 3.